The molecule has 0 spiro atoms. The van der Waals surface area contributed by atoms with E-state index in [0.29, 0.717) is 0 Å². The average Bonchev–Trinajstić information content (AvgIpc) is 3.30. The molecule has 2 fully saturated rings. The summed E-state index contributed by atoms with van der Waals surface area (Å²) in [5, 5.41) is 0. The zero-order chi connectivity index (χ0) is 17.5. The van der Waals surface area contributed by atoms with E-state index in [1.54, 1.807) is 17.4 Å². The maximum absolute atomic E-state index is 14.8. The van der Waals surface area contributed by atoms with E-state index in [9.17, 15) is 4.39 Å². The largest absolute Gasteiger partial charge is 0.206 e. The van der Waals surface area contributed by atoms with Crippen molar-refractivity contribution in [1.82, 2.24) is 0 Å². The first-order valence-corrected chi connectivity index (χ1v) is 10.6. The van der Waals surface area contributed by atoms with Gasteiger partial charge in [-0.15, -0.1) is 11.3 Å². The van der Waals surface area contributed by atoms with Crippen LogP contribution in [0.25, 0.3) is 21.6 Å². The number of halogens is 1. The lowest BCUT2D eigenvalue weighted by molar-refractivity contribution is 0.420. The van der Waals surface area contributed by atoms with Gasteiger partial charge in [0.1, 0.15) is 5.82 Å². The van der Waals surface area contributed by atoms with Gasteiger partial charge in [-0.2, -0.15) is 0 Å². The van der Waals surface area contributed by atoms with Crippen LogP contribution in [0.5, 0.6) is 0 Å². The van der Waals surface area contributed by atoms with Gasteiger partial charge in [-0.25, -0.2) is 4.39 Å². The molecule has 3 aromatic rings. The first-order valence-electron chi connectivity index (χ1n) is 9.75. The Morgan fingerprint density at radius 2 is 1.62 bits per heavy atom. The van der Waals surface area contributed by atoms with Crippen molar-refractivity contribution in [3.8, 4) is 21.6 Å². The quantitative estimate of drug-likeness (QED) is 0.442. The Hall–Kier alpha value is -1.93. The fraction of sp³-hybridized carbons (Fsp3) is 0.333. The molecule has 5 rings (SSSR count). The standard InChI is InChI=1S/C24H23FS/c25-23-15-20(19-8-6-18(7-9-19)17-2-1-3-17)10-12-22(23)24-13-11-21(26-24)14-16-4-5-16/h6-13,15-17H,1-5,14H2. The topological polar surface area (TPSA) is 0 Å². The summed E-state index contributed by atoms with van der Waals surface area (Å²) in [5.74, 6) is 1.49. The molecule has 2 aromatic carbocycles. The predicted octanol–water partition coefficient (Wildman–Crippen LogP) is 7.44. The molecule has 2 aliphatic carbocycles. The van der Waals surface area contributed by atoms with Crippen LogP contribution >= 0.6 is 11.3 Å². The van der Waals surface area contributed by atoms with Crippen LogP contribution < -0.4 is 0 Å². The van der Waals surface area contributed by atoms with Gasteiger partial charge < -0.3 is 0 Å². The number of benzene rings is 2. The van der Waals surface area contributed by atoms with Gasteiger partial charge in [-0.05, 0) is 84.9 Å². The molecule has 26 heavy (non-hydrogen) atoms. The minimum Gasteiger partial charge on any atom is -0.206 e. The molecular formula is C24H23FS. The van der Waals surface area contributed by atoms with Gasteiger partial charge in [0.05, 0.1) is 0 Å². The number of thiophene rings is 1. The summed E-state index contributed by atoms with van der Waals surface area (Å²) >= 11 is 1.74. The Kier molecular flexibility index (Phi) is 4.17. The molecule has 1 aromatic heterocycles. The Labute approximate surface area is 158 Å². The minimum atomic E-state index is -0.120. The highest BCUT2D eigenvalue weighted by Gasteiger charge is 2.22. The van der Waals surface area contributed by atoms with Crippen LogP contribution in [0.15, 0.2) is 54.6 Å². The van der Waals surface area contributed by atoms with Crippen molar-refractivity contribution in [3.05, 3.63) is 70.9 Å². The van der Waals surface area contributed by atoms with Crippen molar-refractivity contribution in [3.63, 3.8) is 0 Å². The molecular weight excluding hydrogens is 339 g/mol. The third-order valence-electron chi connectivity index (χ3n) is 5.90. The molecule has 2 saturated carbocycles. The Morgan fingerprint density at radius 1 is 0.846 bits per heavy atom. The predicted molar refractivity (Wildman–Crippen MR) is 108 cm³/mol. The second-order valence-corrected chi connectivity index (χ2v) is 9.03. The Balaban J connectivity index is 1.37. The number of rotatable bonds is 5. The van der Waals surface area contributed by atoms with Crippen molar-refractivity contribution in [2.24, 2.45) is 5.92 Å². The van der Waals surface area contributed by atoms with E-state index >= 15 is 0 Å². The zero-order valence-corrected chi connectivity index (χ0v) is 15.7. The van der Waals surface area contributed by atoms with Crippen LogP contribution in [0.2, 0.25) is 0 Å². The first kappa shape index (κ1) is 16.3. The van der Waals surface area contributed by atoms with E-state index in [4.69, 9.17) is 0 Å². The van der Waals surface area contributed by atoms with Crippen LogP contribution in [0.3, 0.4) is 0 Å². The maximum atomic E-state index is 14.8. The van der Waals surface area contributed by atoms with Gasteiger partial charge >= 0.3 is 0 Å². The van der Waals surface area contributed by atoms with Crippen LogP contribution in [0.1, 0.15) is 48.5 Å². The van der Waals surface area contributed by atoms with E-state index in [-0.39, 0.29) is 5.82 Å². The lowest BCUT2D eigenvalue weighted by Crippen LogP contribution is -2.08. The SMILES string of the molecule is Fc1cc(-c2ccc(C3CCC3)cc2)ccc1-c1ccc(CC2CC2)s1. The van der Waals surface area contributed by atoms with Gasteiger partial charge in [0.25, 0.3) is 0 Å². The molecule has 0 saturated heterocycles. The third kappa shape index (κ3) is 3.23. The maximum Gasteiger partial charge on any atom is 0.132 e. The monoisotopic (exact) mass is 362 g/mol. The van der Waals surface area contributed by atoms with Crippen LogP contribution in [0.4, 0.5) is 4.39 Å². The summed E-state index contributed by atoms with van der Waals surface area (Å²) in [6.45, 7) is 0. The fourth-order valence-corrected chi connectivity index (χ4v) is 4.97. The molecule has 2 heteroatoms. The highest BCUT2D eigenvalue weighted by Crippen LogP contribution is 2.39. The fourth-order valence-electron chi connectivity index (χ4n) is 3.82. The summed E-state index contributed by atoms with van der Waals surface area (Å²) < 4.78 is 14.8. The van der Waals surface area contributed by atoms with Crippen LogP contribution in [-0.4, -0.2) is 0 Å². The summed E-state index contributed by atoms with van der Waals surface area (Å²) in [7, 11) is 0. The molecule has 2 aliphatic rings. The molecule has 0 nitrogen and oxygen atoms in total. The summed E-state index contributed by atoms with van der Waals surface area (Å²) in [5.41, 5.74) is 4.21. The molecule has 0 unspecified atom stereocenters. The molecule has 0 bridgehead atoms. The van der Waals surface area contributed by atoms with Gasteiger partial charge in [-0.1, -0.05) is 36.8 Å². The third-order valence-corrected chi connectivity index (χ3v) is 7.04. The molecule has 0 N–H and O–H groups in total. The van der Waals surface area contributed by atoms with Crippen molar-refractivity contribution >= 4 is 11.3 Å². The van der Waals surface area contributed by atoms with Gasteiger partial charge in [0.15, 0.2) is 0 Å². The first-order chi connectivity index (χ1) is 12.8. The number of hydrogen-bond acceptors (Lipinski definition) is 1. The van der Waals surface area contributed by atoms with Crippen LogP contribution in [-0.2, 0) is 6.42 Å². The average molecular weight is 363 g/mol. The van der Waals surface area contributed by atoms with Crippen molar-refractivity contribution in [1.29, 1.82) is 0 Å². The Bertz CT molecular complexity index is 914. The summed E-state index contributed by atoms with van der Waals surface area (Å²) in [6, 6.07) is 18.6. The van der Waals surface area contributed by atoms with E-state index in [1.807, 2.05) is 6.07 Å². The summed E-state index contributed by atoms with van der Waals surface area (Å²) in [6.07, 6.45) is 7.85. The zero-order valence-electron chi connectivity index (χ0n) is 14.9. The van der Waals surface area contributed by atoms with Gasteiger partial charge in [-0.3, -0.25) is 0 Å². The summed E-state index contributed by atoms with van der Waals surface area (Å²) in [4.78, 5) is 2.43. The molecule has 1 heterocycles. The van der Waals surface area contributed by atoms with E-state index in [0.717, 1.165) is 39.8 Å². The minimum absolute atomic E-state index is 0.120. The molecule has 0 radical (unpaired) electrons. The molecule has 0 amide bonds. The van der Waals surface area contributed by atoms with Crippen LogP contribution in [0, 0.1) is 11.7 Å². The molecule has 132 valence electrons. The second kappa shape index (κ2) is 6.66. The van der Waals surface area contributed by atoms with Crippen molar-refractivity contribution in [2.75, 3.05) is 0 Å². The van der Waals surface area contributed by atoms with E-state index < -0.39 is 0 Å². The molecule has 0 aliphatic heterocycles. The highest BCUT2D eigenvalue weighted by atomic mass is 32.1. The molecule has 0 atom stereocenters. The van der Waals surface area contributed by atoms with Gasteiger partial charge in [0, 0.05) is 15.3 Å². The van der Waals surface area contributed by atoms with E-state index in [2.05, 4.69) is 42.5 Å². The Morgan fingerprint density at radius 3 is 2.27 bits per heavy atom. The van der Waals surface area contributed by atoms with Crippen molar-refractivity contribution in [2.45, 2.75) is 44.4 Å². The lowest BCUT2D eigenvalue weighted by Gasteiger charge is -2.25. The number of hydrogen-bond donors (Lipinski definition) is 0. The van der Waals surface area contributed by atoms with Gasteiger partial charge in [0.2, 0.25) is 0 Å². The normalized spacial score (nSPS) is 17.3. The lowest BCUT2D eigenvalue weighted by atomic mass is 9.80. The smallest absolute Gasteiger partial charge is 0.132 e. The van der Waals surface area contributed by atoms with Crippen molar-refractivity contribution < 1.29 is 4.39 Å². The van der Waals surface area contributed by atoms with E-state index in [1.165, 1.54) is 42.5 Å². The highest BCUT2D eigenvalue weighted by molar-refractivity contribution is 7.15. The second-order valence-electron chi connectivity index (χ2n) is 7.86.